The van der Waals surface area contributed by atoms with Gasteiger partial charge in [-0.25, -0.2) is 4.79 Å². The molecular formula is C11H12F3N3O5. The molecule has 0 aromatic carbocycles. The van der Waals surface area contributed by atoms with Gasteiger partial charge in [-0.2, -0.15) is 13.2 Å². The standard InChI is InChI=1S/C11H12F3N3O5/c12-11(13,14)9(20)15-4-6-5(18)3-8(22-6)17-2-1-7(19)16-10(17)21/h1-2,5-6,8,18H,3-4H2,(H,15,20)(H,16,19,21)/t5-,6+,8+/m0/s1. The zero-order valence-corrected chi connectivity index (χ0v) is 11.0. The molecule has 1 amide bonds. The van der Waals surface area contributed by atoms with E-state index in [0.717, 1.165) is 16.8 Å². The number of H-pyrrole nitrogens is 1. The van der Waals surface area contributed by atoms with Crippen LogP contribution in [-0.2, 0) is 9.53 Å². The molecule has 0 saturated carbocycles. The van der Waals surface area contributed by atoms with Crippen molar-refractivity contribution >= 4 is 5.91 Å². The van der Waals surface area contributed by atoms with Crippen LogP contribution in [0, 0.1) is 0 Å². The maximum absolute atomic E-state index is 12.1. The maximum atomic E-state index is 12.1. The van der Waals surface area contributed by atoms with Gasteiger partial charge in [-0.3, -0.25) is 19.1 Å². The molecule has 0 unspecified atom stereocenters. The minimum Gasteiger partial charge on any atom is -0.390 e. The minimum absolute atomic E-state index is 0.0709. The molecule has 0 radical (unpaired) electrons. The van der Waals surface area contributed by atoms with E-state index in [1.54, 1.807) is 5.32 Å². The highest BCUT2D eigenvalue weighted by atomic mass is 19.4. The smallest absolute Gasteiger partial charge is 0.390 e. The zero-order valence-electron chi connectivity index (χ0n) is 11.0. The topological polar surface area (TPSA) is 113 Å². The van der Waals surface area contributed by atoms with Crippen molar-refractivity contribution in [3.63, 3.8) is 0 Å². The number of ether oxygens (including phenoxy) is 1. The third-order valence-electron chi connectivity index (χ3n) is 3.09. The fourth-order valence-corrected chi connectivity index (χ4v) is 2.02. The quantitative estimate of drug-likeness (QED) is 0.651. The van der Waals surface area contributed by atoms with Crippen molar-refractivity contribution in [3.05, 3.63) is 33.1 Å². The summed E-state index contributed by atoms with van der Waals surface area (Å²) in [4.78, 5) is 35.2. The zero-order chi connectivity index (χ0) is 16.5. The van der Waals surface area contributed by atoms with E-state index in [1.165, 1.54) is 0 Å². The van der Waals surface area contributed by atoms with Gasteiger partial charge in [0.1, 0.15) is 12.3 Å². The Hall–Kier alpha value is -2.14. The van der Waals surface area contributed by atoms with E-state index in [2.05, 4.69) is 0 Å². The number of nitrogens with zero attached hydrogens (tertiary/aromatic N) is 1. The number of hydrogen-bond donors (Lipinski definition) is 3. The Morgan fingerprint density at radius 1 is 1.50 bits per heavy atom. The van der Waals surface area contributed by atoms with E-state index >= 15 is 0 Å². The van der Waals surface area contributed by atoms with Crippen LogP contribution in [0.15, 0.2) is 21.9 Å². The normalized spacial score (nSPS) is 25.2. The molecule has 1 fully saturated rings. The van der Waals surface area contributed by atoms with Gasteiger partial charge in [0.25, 0.3) is 5.56 Å². The number of carbonyl (C=O) groups excluding carboxylic acids is 1. The Kier molecular flexibility index (Phi) is 4.37. The Balaban J connectivity index is 2.02. The van der Waals surface area contributed by atoms with E-state index in [4.69, 9.17) is 4.74 Å². The second-order valence-corrected chi connectivity index (χ2v) is 4.66. The van der Waals surface area contributed by atoms with Gasteiger partial charge < -0.3 is 15.2 Å². The summed E-state index contributed by atoms with van der Waals surface area (Å²) in [6.07, 6.45) is -7.17. The van der Waals surface area contributed by atoms with Crippen molar-refractivity contribution in [2.24, 2.45) is 0 Å². The number of alkyl halides is 3. The number of aromatic nitrogens is 2. The molecule has 22 heavy (non-hydrogen) atoms. The number of nitrogens with one attached hydrogen (secondary N) is 2. The molecule has 2 heterocycles. The summed E-state index contributed by atoms with van der Waals surface area (Å²) in [5, 5.41) is 11.3. The van der Waals surface area contributed by atoms with Crippen molar-refractivity contribution < 1.29 is 27.8 Å². The summed E-state index contributed by atoms with van der Waals surface area (Å²) in [6.45, 7) is -0.561. The van der Waals surface area contributed by atoms with E-state index in [9.17, 15) is 32.7 Å². The van der Waals surface area contributed by atoms with Gasteiger partial charge in [-0.15, -0.1) is 0 Å². The highest BCUT2D eigenvalue weighted by Crippen LogP contribution is 2.27. The predicted octanol–water partition coefficient (Wildman–Crippen LogP) is -1.14. The molecule has 3 atom stereocenters. The van der Waals surface area contributed by atoms with Crippen LogP contribution >= 0.6 is 0 Å². The van der Waals surface area contributed by atoms with Crippen LogP contribution in [0.4, 0.5) is 13.2 Å². The summed E-state index contributed by atoms with van der Waals surface area (Å²) in [6, 6.07) is 1.07. The van der Waals surface area contributed by atoms with Crippen LogP contribution in [0.25, 0.3) is 0 Å². The maximum Gasteiger partial charge on any atom is 0.471 e. The van der Waals surface area contributed by atoms with Crippen molar-refractivity contribution in [1.29, 1.82) is 0 Å². The summed E-state index contributed by atoms with van der Waals surface area (Å²) in [5.74, 6) is -2.15. The number of aliphatic hydroxyl groups excluding tert-OH is 1. The first-order valence-electron chi connectivity index (χ1n) is 6.18. The number of hydrogen-bond acceptors (Lipinski definition) is 5. The van der Waals surface area contributed by atoms with Crippen LogP contribution in [0.5, 0.6) is 0 Å². The first-order valence-corrected chi connectivity index (χ1v) is 6.18. The lowest BCUT2D eigenvalue weighted by Crippen LogP contribution is -2.43. The molecule has 11 heteroatoms. The molecule has 0 aliphatic carbocycles. The van der Waals surface area contributed by atoms with Crippen LogP contribution in [0.1, 0.15) is 12.6 Å². The van der Waals surface area contributed by atoms with E-state index in [1.807, 2.05) is 4.98 Å². The predicted molar refractivity (Wildman–Crippen MR) is 64.9 cm³/mol. The first-order chi connectivity index (χ1) is 10.2. The first kappa shape index (κ1) is 16.2. The fourth-order valence-electron chi connectivity index (χ4n) is 2.02. The Bertz CT molecular complexity index is 668. The third-order valence-corrected chi connectivity index (χ3v) is 3.09. The molecule has 1 aliphatic heterocycles. The fraction of sp³-hybridized carbons (Fsp3) is 0.545. The largest absolute Gasteiger partial charge is 0.471 e. The molecule has 1 aliphatic rings. The van der Waals surface area contributed by atoms with Gasteiger partial charge in [0.2, 0.25) is 0 Å². The number of aliphatic hydroxyl groups is 1. The lowest BCUT2D eigenvalue weighted by molar-refractivity contribution is -0.174. The average Bonchev–Trinajstić information content (AvgIpc) is 2.76. The average molecular weight is 323 g/mol. The second kappa shape index (κ2) is 5.93. The summed E-state index contributed by atoms with van der Waals surface area (Å²) in [7, 11) is 0. The molecular weight excluding hydrogens is 311 g/mol. The van der Waals surface area contributed by atoms with Crippen molar-refractivity contribution in [1.82, 2.24) is 14.9 Å². The van der Waals surface area contributed by atoms with Gasteiger partial charge in [0.05, 0.1) is 6.10 Å². The van der Waals surface area contributed by atoms with Crippen LogP contribution in [0.2, 0.25) is 0 Å². The molecule has 8 nitrogen and oxygen atoms in total. The van der Waals surface area contributed by atoms with E-state index in [0.29, 0.717) is 0 Å². The van der Waals surface area contributed by atoms with Crippen LogP contribution in [-0.4, -0.2) is 45.5 Å². The molecule has 1 aromatic rings. The number of rotatable bonds is 3. The van der Waals surface area contributed by atoms with Gasteiger partial charge >= 0.3 is 17.8 Å². The van der Waals surface area contributed by atoms with Crippen molar-refractivity contribution in [3.8, 4) is 0 Å². The Labute approximate surface area is 120 Å². The van der Waals surface area contributed by atoms with Gasteiger partial charge in [0.15, 0.2) is 0 Å². The molecule has 2 rings (SSSR count). The highest BCUT2D eigenvalue weighted by molar-refractivity contribution is 5.81. The number of carbonyl (C=O) groups is 1. The molecule has 0 spiro atoms. The van der Waals surface area contributed by atoms with Gasteiger partial charge in [-0.05, 0) is 0 Å². The molecule has 3 N–H and O–H groups in total. The van der Waals surface area contributed by atoms with Crippen molar-refractivity contribution in [2.75, 3.05) is 6.54 Å². The number of halogens is 3. The minimum atomic E-state index is -5.03. The monoisotopic (exact) mass is 323 g/mol. The second-order valence-electron chi connectivity index (χ2n) is 4.66. The summed E-state index contributed by atoms with van der Waals surface area (Å²) in [5.41, 5.74) is -1.39. The lowest BCUT2D eigenvalue weighted by Gasteiger charge is -2.17. The van der Waals surface area contributed by atoms with Gasteiger partial charge in [-0.1, -0.05) is 0 Å². The van der Waals surface area contributed by atoms with E-state index in [-0.39, 0.29) is 6.42 Å². The molecule has 1 saturated heterocycles. The number of amides is 1. The van der Waals surface area contributed by atoms with Crippen LogP contribution < -0.4 is 16.6 Å². The lowest BCUT2D eigenvalue weighted by atomic mass is 10.2. The van der Waals surface area contributed by atoms with Gasteiger partial charge in [0, 0.05) is 25.2 Å². The molecule has 0 bridgehead atoms. The Morgan fingerprint density at radius 3 is 2.77 bits per heavy atom. The highest BCUT2D eigenvalue weighted by Gasteiger charge is 2.41. The Morgan fingerprint density at radius 2 is 2.18 bits per heavy atom. The number of aromatic amines is 1. The van der Waals surface area contributed by atoms with E-state index < -0.39 is 48.3 Å². The summed E-state index contributed by atoms with van der Waals surface area (Å²) >= 11 is 0. The van der Waals surface area contributed by atoms with Crippen LogP contribution in [0.3, 0.4) is 0 Å². The van der Waals surface area contributed by atoms with Crippen molar-refractivity contribution in [2.45, 2.75) is 31.0 Å². The SMILES string of the molecule is O=C(NC[C@H]1O[C@@H](n2ccc(=O)[nH]c2=O)C[C@@H]1O)C(F)(F)F. The third kappa shape index (κ3) is 3.54. The molecule has 1 aromatic heterocycles. The summed E-state index contributed by atoms with van der Waals surface area (Å²) < 4.78 is 42.4. The molecule has 122 valence electrons.